The molecule has 1 aromatic rings. The summed E-state index contributed by atoms with van der Waals surface area (Å²) in [6.07, 6.45) is 0.766. The summed E-state index contributed by atoms with van der Waals surface area (Å²) in [5.74, 6) is -0.122. The van der Waals surface area contributed by atoms with Gasteiger partial charge in [-0.1, -0.05) is 12.1 Å². The standard InChI is InChI=1S/C13H18N4O2/c14-8-10-3-1-4-11(7-10)16-13(19)17-6-2-5-15-12(18)9-17/h1,3-4,7H,2,5-6,8-9,14H2,(H,15,18)(H,16,19). The Morgan fingerprint density at radius 3 is 3.11 bits per heavy atom. The SMILES string of the molecule is NCc1cccc(NC(=O)N2CCCNC(=O)C2)c1. The van der Waals surface area contributed by atoms with Crippen LogP contribution < -0.4 is 16.4 Å². The average molecular weight is 262 g/mol. The summed E-state index contributed by atoms with van der Waals surface area (Å²) in [6.45, 7) is 1.71. The molecule has 102 valence electrons. The monoisotopic (exact) mass is 262 g/mol. The fourth-order valence-corrected chi connectivity index (χ4v) is 1.96. The van der Waals surface area contributed by atoms with Crippen molar-refractivity contribution in [1.82, 2.24) is 10.2 Å². The van der Waals surface area contributed by atoms with Crippen LogP contribution in [0.2, 0.25) is 0 Å². The molecule has 1 aliphatic rings. The van der Waals surface area contributed by atoms with E-state index in [1.807, 2.05) is 18.2 Å². The Labute approximate surface area is 112 Å². The van der Waals surface area contributed by atoms with E-state index in [1.165, 1.54) is 4.90 Å². The van der Waals surface area contributed by atoms with Crippen molar-refractivity contribution in [3.05, 3.63) is 29.8 Å². The van der Waals surface area contributed by atoms with Gasteiger partial charge in [-0.05, 0) is 24.1 Å². The molecule has 0 saturated carbocycles. The summed E-state index contributed by atoms with van der Waals surface area (Å²) in [5, 5.41) is 5.52. The molecule has 0 spiro atoms. The zero-order valence-electron chi connectivity index (χ0n) is 10.7. The first-order valence-electron chi connectivity index (χ1n) is 6.30. The zero-order chi connectivity index (χ0) is 13.7. The number of hydrogen-bond donors (Lipinski definition) is 3. The molecule has 1 heterocycles. The second kappa shape index (κ2) is 6.19. The number of nitrogens with one attached hydrogen (secondary N) is 2. The van der Waals surface area contributed by atoms with Gasteiger partial charge in [0.05, 0.1) is 0 Å². The smallest absolute Gasteiger partial charge is 0.322 e. The second-order valence-electron chi connectivity index (χ2n) is 4.46. The molecule has 0 unspecified atom stereocenters. The average Bonchev–Trinajstić information content (AvgIpc) is 2.63. The molecule has 1 fully saturated rings. The Balaban J connectivity index is 2.01. The number of nitrogens with two attached hydrogens (primary N) is 1. The van der Waals surface area contributed by atoms with E-state index in [4.69, 9.17) is 5.73 Å². The summed E-state index contributed by atoms with van der Waals surface area (Å²) in [4.78, 5) is 25.0. The lowest BCUT2D eigenvalue weighted by Crippen LogP contribution is -2.39. The van der Waals surface area contributed by atoms with Crippen molar-refractivity contribution in [3.8, 4) is 0 Å². The highest BCUT2D eigenvalue weighted by atomic mass is 16.2. The largest absolute Gasteiger partial charge is 0.354 e. The zero-order valence-corrected chi connectivity index (χ0v) is 10.7. The molecule has 0 radical (unpaired) electrons. The number of benzene rings is 1. The normalized spacial score (nSPS) is 15.6. The molecule has 6 nitrogen and oxygen atoms in total. The summed E-state index contributed by atoms with van der Waals surface area (Å²) in [5.41, 5.74) is 7.20. The van der Waals surface area contributed by atoms with Gasteiger partial charge in [-0.15, -0.1) is 0 Å². The van der Waals surface area contributed by atoms with Crippen molar-refractivity contribution >= 4 is 17.6 Å². The number of rotatable bonds is 2. The molecule has 0 aromatic heterocycles. The van der Waals surface area contributed by atoms with Gasteiger partial charge >= 0.3 is 6.03 Å². The Morgan fingerprint density at radius 1 is 1.47 bits per heavy atom. The highest BCUT2D eigenvalue weighted by molar-refractivity contribution is 5.92. The van der Waals surface area contributed by atoms with Crippen LogP contribution in [0.3, 0.4) is 0 Å². The second-order valence-corrected chi connectivity index (χ2v) is 4.46. The Hall–Kier alpha value is -2.08. The van der Waals surface area contributed by atoms with Gasteiger partial charge in [0.1, 0.15) is 6.54 Å². The van der Waals surface area contributed by atoms with Crippen LogP contribution in [0.4, 0.5) is 10.5 Å². The Bertz CT molecular complexity index is 475. The quantitative estimate of drug-likeness (QED) is 0.725. The Kier molecular flexibility index (Phi) is 4.35. The molecule has 19 heavy (non-hydrogen) atoms. The van der Waals surface area contributed by atoms with Crippen LogP contribution in [0.1, 0.15) is 12.0 Å². The summed E-state index contributed by atoms with van der Waals surface area (Å²) < 4.78 is 0. The summed E-state index contributed by atoms with van der Waals surface area (Å²) >= 11 is 0. The molecule has 1 aliphatic heterocycles. The van der Waals surface area contributed by atoms with Crippen molar-refractivity contribution in [1.29, 1.82) is 0 Å². The molecular weight excluding hydrogens is 244 g/mol. The van der Waals surface area contributed by atoms with Crippen molar-refractivity contribution in [3.63, 3.8) is 0 Å². The van der Waals surface area contributed by atoms with Crippen LogP contribution in [0.5, 0.6) is 0 Å². The van der Waals surface area contributed by atoms with E-state index in [-0.39, 0.29) is 18.5 Å². The molecule has 3 amide bonds. The van der Waals surface area contributed by atoms with Crippen molar-refractivity contribution in [2.24, 2.45) is 5.73 Å². The number of carbonyl (C=O) groups excluding carboxylic acids is 2. The van der Waals surface area contributed by atoms with Crippen molar-refractivity contribution in [2.75, 3.05) is 25.0 Å². The highest BCUT2D eigenvalue weighted by Crippen LogP contribution is 2.11. The third-order valence-electron chi connectivity index (χ3n) is 2.96. The summed E-state index contributed by atoms with van der Waals surface area (Å²) in [6, 6.07) is 7.11. The van der Waals surface area contributed by atoms with Crippen molar-refractivity contribution in [2.45, 2.75) is 13.0 Å². The first-order chi connectivity index (χ1) is 9.19. The highest BCUT2D eigenvalue weighted by Gasteiger charge is 2.19. The van der Waals surface area contributed by atoms with Gasteiger partial charge in [0.25, 0.3) is 0 Å². The van der Waals surface area contributed by atoms with Gasteiger partial charge in [0, 0.05) is 25.3 Å². The number of carbonyl (C=O) groups is 2. The van der Waals surface area contributed by atoms with Gasteiger partial charge in [-0.25, -0.2) is 4.79 Å². The van der Waals surface area contributed by atoms with Crippen LogP contribution in [-0.2, 0) is 11.3 Å². The van der Waals surface area contributed by atoms with Gasteiger partial charge in [-0.3, -0.25) is 4.79 Å². The van der Waals surface area contributed by atoms with E-state index in [9.17, 15) is 9.59 Å². The Morgan fingerprint density at radius 2 is 2.32 bits per heavy atom. The molecule has 6 heteroatoms. The minimum Gasteiger partial charge on any atom is -0.354 e. The number of hydrogen-bond acceptors (Lipinski definition) is 3. The molecule has 4 N–H and O–H groups in total. The molecule has 1 saturated heterocycles. The van der Waals surface area contributed by atoms with Gasteiger partial charge in [0.15, 0.2) is 0 Å². The van der Waals surface area contributed by atoms with E-state index in [2.05, 4.69) is 10.6 Å². The maximum Gasteiger partial charge on any atom is 0.322 e. The van der Waals surface area contributed by atoms with E-state index in [1.54, 1.807) is 6.07 Å². The number of nitrogens with zero attached hydrogens (tertiary/aromatic N) is 1. The van der Waals surface area contributed by atoms with E-state index in [0.29, 0.717) is 25.3 Å². The summed E-state index contributed by atoms with van der Waals surface area (Å²) in [7, 11) is 0. The lowest BCUT2D eigenvalue weighted by atomic mass is 10.2. The topological polar surface area (TPSA) is 87.5 Å². The number of anilines is 1. The van der Waals surface area contributed by atoms with E-state index in [0.717, 1.165) is 12.0 Å². The fourth-order valence-electron chi connectivity index (χ4n) is 1.96. The molecule has 1 aromatic carbocycles. The van der Waals surface area contributed by atoms with Gasteiger partial charge in [0.2, 0.25) is 5.91 Å². The third-order valence-corrected chi connectivity index (χ3v) is 2.96. The number of amides is 3. The van der Waals surface area contributed by atoms with E-state index >= 15 is 0 Å². The lowest BCUT2D eigenvalue weighted by molar-refractivity contribution is -0.120. The van der Waals surface area contributed by atoms with Crippen molar-refractivity contribution < 1.29 is 9.59 Å². The first kappa shape index (κ1) is 13.4. The van der Waals surface area contributed by atoms with Crippen LogP contribution in [0.25, 0.3) is 0 Å². The molecule has 0 aliphatic carbocycles. The lowest BCUT2D eigenvalue weighted by Gasteiger charge is -2.19. The predicted octanol–water partition coefficient (Wildman–Crippen LogP) is 0.499. The van der Waals surface area contributed by atoms with Crippen LogP contribution in [0.15, 0.2) is 24.3 Å². The van der Waals surface area contributed by atoms with Crippen LogP contribution in [-0.4, -0.2) is 36.5 Å². The fraction of sp³-hybridized carbons (Fsp3) is 0.385. The third kappa shape index (κ3) is 3.69. The van der Waals surface area contributed by atoms with Crippen LogP contribution in [0, 0.1) is 0 Å². The molecular formula is C13H18N4O2. The van der Waals surface area contributed by atoms with Gasteiger partial charge in [-0.2, -0.15) is 0 Å². The maximum absolute atomic E-state index is 12.1. The van der Waals surface area contributed by atoms with E-state index < -0.39 is 0 Å². The van der Waals surface area contributed by atoms with Gasteiger partial charge < -0.3 is 21.3 Å². The first-order valence-corrected chi connectivity index (χ1v) is 6.30. The molecule has 2 rings (SSSR count). The molecule has 0 atom stereocenters. The maximum atomic E-state index is 12.1. The predicted molar refractivity (Wildman–Crippen MR) is 72.6 cm³/mol. The minimum absolute atomic E-state index is 0.0996. The minimum atomic E-state index is -0.258. The molecule has 0 bridgehead atoms. The van der Waals surface area contributed by atoms with Crippen LogP contribution >= 0.6 is 0 Å². The number of urea groups is 1.